The Morgan fingerprint density at radius 3 is 2.61 bits per heavy atom. The van der Waals surface area contributed by atoms with Gasteiger partial charge in [0.25, 0.3) is 5.92 Å². The normalized spacial score (nSPS) is 16.7. The molecule has 0 radical (unpaired) electrons. The number of nitrogens with zero attached hydrogens (tertiary/aromatic N) is 2. The zero-order valence-electron chi connectivity index (χ0n) is 10.6. The summed E-state index contributed by atoms with van der Waals surface area (Å²) in [7, 11) is 0. The summed E-state index contributed by atoms with van der Waals surface area (Å²) in [5.74, 6) is -2.89. The number of aromatic nitrogens is 1. The van der Waals surface area contributed by atoms with Gasteiger partial charge in [0.05, 0.1) is 11.4 Å². The highest BCUT2D eigenvalue weighted by molar-refractivity contribution is 5.62. The molecule has 0 amide bonds. The largest absolute Gasteiger partial charge is 0.370 e. The van der Waals surface area contributed by atoms with Crippen molar-refractivity contribution < 1.29 is 8.78 Å². The second-order valence-electron chi connectivity index (χ2n) is 4.78. The van der Waals surface area contributed by atoms with Crippen LogP contribution in [0, 0.1) is 0 Å². The molecule has 1 aliphatic heterocycles. The van der Waals surface area contributed by atoms with Crippen LogP contribution in [0.1, 0.15) is 37.4 Å². The fourth-order valence-electron chi connectivity index (χ4n) is 2.30. The molecule has 0 atom stereocenters. The van der Waals surface area contributed by atoms with E-state index in [9.17, 15) is 8.78 Å². The van der Waals surface area contributed by atoms with E-state index < -0.39 is 5.92 Å². The van der Waals surface area contributed by atoms with Crippen LogP contribution >= 0.6 is 0 Å². The Morgan fingerprint density at radius 1 is 1.33 bits per heavy atom. The third-order valence-electron chi connectivity index (χ3n) is 3.29. The molecule has 1 fully saturated rings. The van der Waals surface area contributed by atoms with Gasteiger partial charge in [0.1, 0.15) is 0 Å². The van der Waals surface area contributed by atoms with Gasteiger partial charge in [0.15, 0.2) is 0 Å². The van der Waals surface area contributed by atoms with Gasteiger partial charge in [-0.15, -0.1) is 0 Å². The minimum Gasteiger partial charge on any atom is -0.370 e. The second kappa shape index (κ2) is 5.04. The van der Waals surface area contributed by atoms with Gasteiger partial charge >= 0.3 is 0 Å². The monoisotopic (exact) mass is 252 g/mol. The number of hydrogen-bond donors (Lipinski definition) is 0. The molecule has 2 heterocycles. The quantitative estimate of drug-likeness (QED) is 0.816. The Balaban J connectivity index is 2.30. The van der Waals surface area contributed by atoms with E-state index >= 15 is 0 Å². The Labute approximate surface area is 106 Å². The smallest absolute Gasteiger partial charge is 0.272 e. The molecule has 0 aliphatic carbocycles. The van der Waals surface area contributed by atoms with Crippen molar-refractivity contribution in [3.63, 3.8) is 0 Å². The maximum Gasteiger partial charge on any atom is 0.272 e. The number of halogens is 2. The van der Waals surface area contributed by atoms with Crippen molar-refractivity contribution in [1.82, 2.24) is 9.88 Å². The molecule has 0 aromatic carbocycles. The summed E-state index contributed by atoms with van der Waals surface area (Å²) < 4.78 is 27.1. The molecule has 0 N–H and O–H groups in total. The molecule has 1 aromatic heterocycles. The standard InChI is InChI=1S/C14H18F2N2/c1-11(18-9-4-3-5-10-18)13-12(14(2,15)16)7-6-8-17-13/h6-8H,1,3-5,9-10H2,2H3. The maximum absolute atomic E-state index is 13.5. The molecule has 0 spiro atoms. The molecular formula is C14H18F2N2. The predicted molar refractivity (Wildman–Crippen MR) is 68.3 cm³/mol. The number of alkyl halides is 2. The molecule has 2 nitrogen and oxygen atoms in total. The van der Waals surface area contributed by atoms with Gasteiger partial charge < -0.3 is 4.90 Å². The maximum atomic E-state index is 13.5. The average molecular weight is 252 g/mol. The summed E-state index contributed by atoms with van der Waals surface area (Å²) >= 11 is 0. The van der Waals surface area contributed by atoms with Crippen LogP contribution in [-0.4, -0.2) is 23.0 Å². The van der Waals surface area contributed by atoms with Crippen LogP contribution < -0.4 is 0 Å². The van der Waals surface area contributed by atoms with Crippen molar-refractivity contribution in [2.24, 2.45) is 0 Å². The van der Waals surface area contributed by atoms with E-state index in [1.54, 1.807) is 12.3 Å². The number of likely N-dealkylation sites (tertiary alicyclic amines) is 1. The third-order valence-corrected chi connectivity index (χ3v) is 3.29. The summed E-state index contributed by atoms with van der Waals surface area (Å²) in [6.45, 7) is 6.61. The SMILES string of the molecule is C=C(c1ncccc1C(C)(F)F)N1CCCCC1. The van der Waals surface area contributed by atoms with Crippen LogP contribution in [0.15, 0.2) is 24.9 Å². The molecule has 1 aromatic rings. The summed E-state index contributed by atoms with van der Waals surface area (Å²) in [5, 5.41) is 0. The van der Waals surface area contributed by atoms with Crippen molar-refractivity contribution in [2.75, 3.05) is 13.1 Å². The molecule has 2 rings (SSSR count). The van der Waals surface area contributed by atoms with Crippen LogP contribution in [0.4, 0.5) is 8.78 Å². The van der Waals surface area contributed by atoms with Gasteiger partial charge in [-0.3, -0.25) is 4.98 Å². The van der Waals surface area contributed by atoms with Crippen molar-refractivity contribution in [3.05, 3.63) is 36.2 Å². The second-order valence-corrected chi connectivity index (χ2v) is 4.78. The van der Waals surface area contributed by atoms with Gasteiger partial charge in [-0.2, -0.15) is 0 Å². The highest BCUT2D eigenvalue weighted by atomic mass is 19.3. The first-order valence-corrected chi connectivity index (χ1v) is 6.27. The van der Waals surface area contributed by atoms with Crippen LogP contribution in [0.5, 0.6) is 0 Å². The zero-order chi connectivity index (χ0) is 13.2. The molecule has 18 heavy (non-hydrogen) atoms. The summed E-state index contributed by atoms with van der Waals surface area (Å²) in [4.78, 5) is 6.16. The van der Waals surface area contributed by atoms with Crippen LogP contribution in [0.3, 0.4) is 0 Å². The Morgan fingerprint density at radius 2 is 2.00 bits per heavy atom. The molecule has 1 saturated heterocycles. The lowest BCUT2D eigenvalue weighted by molar-refractivity contribution is 0.0166. The zero-order valence-corrected chi connectivity index (χ0v) is 10.6. The minimum atomic E-state index is -2.89. The average Bonchev–Trinajstić information content (AvgIpc) is 2.38. The first-order valence-electron chi connectivity index (χ1n) is 6.27. The highest BCUT2D eigenvalue weighted by Crippen LogP contribution is 2.33. The van der Waals surface area contributed by atoms with Gasteiger partial charge in [0, 0.05) is 31.8 Å². The Kier molecular flexibility index (Phi) is 3.64. The van der Waals surface area contributed by atoms with Gasteiger partial charge in [-0.1, -0.05) is 6.58 Å². The van der Waals surface area contributed by atoms with Crippen molar-refractivity contribution in [3.8, 4) is 0 Å². The topological polar surface area (TPSA) is 16.1 Å². The Hall–Kier alpha value is -1.45. The molecule has 1 aliphatic rings. The molecule has 0 saturated carbocycles. The first-order chi connectivity index (χ1) is 8.50. The molecule has 0 unspecified atom stereocenters. The number of hydrogen-bond acceptors (Lipinski definition) is 2. The number of piperidine rings is 1. The van der Waals surface area contributed by atoms with Gasteiger partial charge in [-0.05, 0) is 31.4 Å². The van der Waals surface area contributed by atoms with E-state index in [0.717, 1.165) is 32.9 Å². The van der Waals surface area contributed by atoms with Crippen molar-refractivity contribution in [1.29, 1.82) is 0 Å². The predicted octanol–water partition coefficient (Wildman–Crippen LogP) is 3.65. The lowest BCUT2D eigenvalue weighted by atomic mass is 10.0. The van der Waals surface area contributed by atoms with Gasteiger partial charge in [-0.25, -0.2) is 8.78 Å². The van der Waals surface area contributed by atoms with E-state index in [1.807, 2.05) is 0 Å². The molecule has 4 heteroatoms. The first kappa shape index (κ1) is 13.0. The van der Waals surface area contributed by atoms with E-state index in [-0.39, 0.29) is 5.56 Å². The fourth-order valence-corrected chi connectivity index (χ4v) is 2.30. The molecule has 0 bridgehead atoms. The van der Waals surface area contributed by atoms with E-state index in [4.69, 9.17) is 0 Å². The van der Waals surface area contributed by atoms with Crippen LogP contribution in [0.25, 0.3) is 5.70 Å². The van der Waals surface area contributed by atoms with E-state index in [1.165, 1.54) is 12.5 Å². The van der Waals surface area contributed by atoms with Crippen molar-refractivity contribution >= 4 is 5.70 Å². The van der Waals surface area contributed by atoms with Gasteiger partial charge in [0.2, 0.25) is 0 Å². The number of pyridine rings is 1. The molecule has 98 valence electrons. The fraction of sp³-hybridized carbons (Fsp3) is 0.500. The number of rotatable bonds is 3. The minimum absolute atomic E-state index is 0.0411. The lowest BCUT2D eigenvalue weighted by Crippen LogP contribution is -2.29. The van der Waals surface area contributed by atoms with E-state index in [2.05, 4.69) is 16.5 Å². The lowest BCUT2D eigenvalue weighted by Gasteiger charge is -2.31. The third kappa shape index (κ3) is 2.68. The van der Waals surface area contributed by atoms with Crippen LogP contribution in [0.2, 0.25) is 0 Å². The van der Waals surface area contributed by atoms with Crippen molar-refractivity contribution in [2.45, 2.75) is 32.1 Å². The van der Waals surface area contributed by atoms with Crippen LogP contribution in [-0.2, 0) is 5.92 Å². The summed E-state index contributed by atoms with van der Waals surface area (Å²) in [6.07, 6.45) is 4.91. The highest BCUT2D eigenvalue weighted by Gasteiger charge is 2.30. The summed E-state index contributed by atoms with van der Waals surface area (Å²) in [5.41, 5.74) is 0.902. The molecular weight excluding hydrogens is 234 g/mol. The summed E-state index contributed by atoms with van der Waals surface area (Å²) in [6, 6.07) is 2.97. The Bertz CT molecular complexity index is 432. The van der Waals surface area contributed by atoms with E-state index in [0.29, 0.717) is 11.4 Å².